The van der Waals surface area contributed by atoms with Crippen molar-refractivity contribution in [3.63, 3.8) is 0 Å². The zero-order valence-electron chi connectivity index (χ0n) is 2.84. The van der Waals surface area contributed by atoms with Gasteiger partial charge in [-0.1, -0.05) is 0 Å². The molecule has 0 aliphatic heterocycles. The molecule has 0 aliphatic rings. The summed E-state index contributed by atoms with van der Waals surface area (Å²) in [6, 6.07) is 0. The monoisotopic (exact) mass is 92.0 g/mol. The minimum atomic E-state index is -1.16. The molecule has 0 amide bonds. The van der Waals surface area contributed by atoms with Crippen molar-refractivity contribution in [2.24, 2.45) is 0 Å². The van der Waals surface area contributed by atoms with E-state index in [0.717, 1.165) is 0 Å². The molecule has 1 radical (unpaired) electrons. The summed E-state index contributed by atoms with van der Waals surface area (Å²) in [5, 5.41) is 0. The third-order valence-corrected chi connectivity index (χ3v) is 0.387. The molecule has 1 atom stereocenters. The van der Waals surface area contributed by atoms with Gasteiger partial charge in [0.05, 0.1) is 0 Å². The fourth-order valence-corrected chi connectivity index (χ4v) is 0. The molecule has 0 saturated heterocycles. The fraction of sp³-hybridized carbons (Fsp3) is 0. The second-order valence-corrected chi connectivity index (χ2v) is 1.62. The first-order chi connectivity index (χ1) is 2.27. The van der Waals surface area contributed by atoms with Gasteiger partial charge in [-0.2, -0.15) is 0 Å². The summed E-state index contributed by atoms with van der Waals surface area (Å²) in [7, 11) is -1.44. The Morgan fingerprint density at radius 1 is 2.50 bits per heavy atom. The Morgan fingerprint density at radius 2 is 2.75 bits per heavy atom. The fourth-order valence-electron chi connectivity index (χ4n) is 0. The zero-order valence-corrected chi connectivity index (χ0v) is 3.55. The van der Waals surface area contributed by atoms with E-state index in [1.54, 1.807) is 0 Å². The quantitative estimate of drug-likeness (QED) is 0.286. The molecule has 0 aromatic heterocycles. The summed E-state index contributed by atoms with van der Waals surface area (Å²) in [5.41, 5.74) is 0. The van der Waals surface area contributed by atoms with Crippen molar-refractivity contribution < 1.29 is 4.57 Å². The Labute approximate surface area is 31.7 Å². The van der Waals surface area contributed by atoms with Crippen molar-refractivity contribution in [1.82, 2.24) is 0 Å². The predicted molar refractivity (Wildman–Crippen MR) is 22.3 cm³/mol. The number of hydrogen-bond acceptors (Lipinski definition) is 1. The van der Waals surface area contributed by atoms with Crippen LogP contribution in [-0.4, -0.2) is 7.85 Å². The van der Waals surface area contributed by atoms with Crippen molar-refractivity contribution in [3.05, 3.63) is 0 Å². The Hall–Kier alpha value is 0.515. The van der Waals surface area contributed by atoms with Gasteiger partial charge in [-0.15, -0.1) is 0 Å². The van der Waals surface area contributed by atoms with Gasteiger partial charge in [0.25, 0.3) is 0 Å². The summed E-state index contributed by atoms with van der Waals surface area (Å²) in [5.74, 6) is 0. The van der Waals surface area contributed by atoms with E-state index in [1.165, 1.54) is 0 Å². The molecule has 0 aromatic carbocycles. The molecule has 1 unspecified atom stereocenters. The van der Waals surface area contributed by atoms with E-state index in [9.17, 15) is 4.57 Å². The van der Waals surface area contributed by atoms with E-state index < -0.39 is 10.7 Å². The van der Waals surface area contributed by atoms with Crippen molar-refractivity contribution >= 4 is 25.1 Å². The van der Waals surface area contributed by atoms with Crippen LogP contribution >= 0.6 is 18.4 Å². The normalized spacial score (nSPS) is 19.2. The molecule has 0 bridgehead atoms. The first-order valence-corrected chi connectivity index (χ1v) is 2.90. The standard InChI is InChI=1S/BHOPS/c1-4-3-2/h4H/i4D. The van der Waals surface area contributed by atoms with Crippen LogP contribution in [-0.2, 0) is 4.57 Å². The molecular formula is HBOPS. The van der Waals surface area contributed by atoms with Crippen molar-refractivity contribution in [1.29, 1.82) is 1.12 Å². The van der Waals surface area contributed by atoms with Crippen LogP contribution in [0.3, 0.4) is 0 Å². The SMILES string of the molecule is [2H]S(=[B])P=O. The van der Waals surface area contributed by atoms with Gasteiger partial charge in [-0.3, -0.25) is 0 Å². The molecular weight excluding hydrogens is 89.9 g/mol. The maximum atomic E-state index is 9.30. The molecule has 0 aliphatic carbocycles. The van der Waals surface area contributed by atoms with Gasteiger partial charge in [0.1, 0.15) is 0 Å². The van der Waals surface area contributed by atoms with Gasteiger partial charge in [-0.05, 0) is 0 Å². The van der Waals surface area contributed by atoms with Crippen LogP contribution in [0.15, 0.2) is 0 Å². The first kappa shape index (κ1) is 2.74. The molecule has 0 spiro atoms. The van der Waals surface area contributed by atoms with E-state index in [1.807, 2.05) is 0 Å². The summed E-state index contributed by atoms with van der Waals surface area (Å²) in [6.07, 6.45) is 0. The average Bonchev–Trinajstić information content (AvgIpc) is 1.38. The molecule has 0 aromatic rings. The predicted octanol–water partition coefficient (Wildman–Crippen LogP) is 0.742. The summed E-state index contributed by atoms with van der Waals surface area (Å²) >= 11 is 0. The molecule has 1 nitrogen and oxygen atoms in total. The van der Waals surface area contributed by atoms with E-state index in [2.05, 4.69) is 6.72 Å². The zero-order chi connectivity index (χ0) is 4.28. The molecule has 0 rings (SSSR count). The van der Waals surface area contributed by atoms with Crippen LogP contribution < -0.4 is 0 Å². The maximum absolute atomic E-state index is 9.30. The summed E-state index contributed by atoms with van der Waals surface area (Å²) < 4.78 is 15.6. The van der Waals surface area contributed by atoms with E-state index >= 15 is 0 Å². The molecule has 0 heterocycles. The molecule has 4 heavy (non-hydrogen) atoms. The number of hydrogen-bond donors (Lipinski definition) is 1. The third-order valence-electron chi connectivity index (χ3n) is 0.0430. The number of rotatable bonds is 1. The van der Waals surface area contributed by atoms with Gasteiger partial charge in [0.2, 0.25) is 0 Å². The molecule has 0 saturated carbocycles. The summed E-state index contributed by atoms with van der Waals surface area (Å²) in [6.45, 7) is 4.66. The van der Waals surface area contributed by atoms with Gasteiger partial charge < -0.3 is 0 Å². The molecule has 0 fully saturated rings. The van der Waals surface area contributed by atoms with Crippen LogP contribution in [0.25, 0.3) is 0 Å². The van der Waals surface area contributed by atoms with Crippen LogP contribution in [0.2, 0.25) is 0 Å². The topological polar surface area (TPSA) is 17.1 Å². The molecule has 21 valence electrons. The second kappa shape index (κ2) is 3.51. The van der Waals surface area contributed by atoms with Crippen LogP contribution in [0, 0.1) is 0 Å². The van der Waals surface area contributed by atoms with Crippen molar-refractivity contribution in [2.75, 3.05) is 0 Å². The molecule has 4 heteroatoms. The van der Waals surface area contributed by atoms with Crippen molar-refractivity contribution in [2.45, 2.75) is 0 Å². The molecule has 0 N–H and O–H groups in total. The van der Waals surface area contributed by atoms with Crippen LogP contribution in [0.4, 0.5) is 0 Å². The van der Waals surface area contributed by atoms with Crippen molar-refractivity contribution in [3.8, 4) is 0 Å². The van der Waals surface area contributed by atoms with Gasteiger partial charge >= 0.3 is 30.8 Å². The van der Waals surface area contributed by atoms with E-state index in [-0.39, 0.29) is 7.66 Å². The Morgan fingerprint density at radius 3 is 2.75 bits per heavy atom. The van der Waals surface area contributed by atoms with Gasteiger partial charge in [0, 0.05) is 0 Å². The Kier molecular flexibility index (Phi) is 2.40. The van der Waals surface area contributed by atoms with Crippen LogP contribution in [0.5, 0.6) is 0 Å². The first-order valence-electron chi connectivity index (χ1n) is 1.01. The Balaban J connectivity index is 3.20. The average molecular weight is 91.9 g/mol. The van der Waals surface area contributed by atoms with Gasteiger partial charge in [-0.25, -0.2) is 0 Å². The van der Waals surface area contributed by atoms with Gasteiger partial charge in [0.15, 0.2) is 0 Å². The van der Waals surface area contributed by atoms with E-state index in [0.29, 0.717) is 0 Å². The van der Waals surface area contributed by atoms with Crippen LogP contribution in [0.1, 0.15) is 0 Å². The summed E-state index contributed by atoms with van der Waals surface area (Å²) in [4.78, 5) is 0. The third kappa shape index (κ3) is 2.51. The second-order valence-electron chi connectivity index (χ2n) is 0.180. The minimum absolute atomic E-state index is 0.281. The Bertz CT molecular complexity index is 62.7. The number of thiol groups is 1. The van der Waals surface area contributed by atoms with E-state index in [4.69, 9.17) is 1.12 Å².